The Kier molecular flexibility index (Phi) is 6.68. The zero-order valence-corrected chi connectivity index (χ0v) is 16.4. The summed E-state index contributed by atoms with van der Waals surface area (Å²) in [6, 6.07) is 9.32. The Morgan fingerprint density at radius 1 is 1.36 bits per heavy atom. The van der Waals surface area contributed by atoms with Gasteiger partial charge in [0, 0.05) is 32.1 Å². The van der Waals surface area contributed by atoms with Crippen LogP contribution in [0.4, 0.5) is 0 Å². The molecule has 1 atom stereocenters. The molecule has 2 aromatic rings. The largest absolute Gasteiger partial charge is 0.497 e. The van der Waals surface area contributed by atoms with E-state index in [4.69, 9.17) is 9.26 Å². The lowest BCUT2D eigenvalue weighted by atomic mass is 9.93. The summed E-state index contributed by atoms with van der Waals surface area (Å²) in [5, 5.41) is 6.77. The summed E-state index contributed by atoms with van der Waals surface area (Å²) < 4.78 is 10.2. The highest BCUT2D eigenvalue weighted by Gasteiger charge is 2.26. The van der Waals surface area contributed by atoms with E-state index in [1.54, 1.807) is 20.1 Å². The van der Waals surface area contributed by atoms with Crippen molar-refractivity contribution < 1.29 is 18.8 Å². The Hall–Kier alpha value is -2.83. The zero-order valence-electron chi connectivity index (χ0n) is 16.4. The number of likely N-dealkylation sites (tertiary alicyclic amines) is 1. The Morgan fingerprint density at radius 2 is 2.21 bits per heavy atom. The molecule has 0 unspecified atom stereocenters. The highest BCUT2D eigenvalue weighted by atomic mass is 16.5. The predicted octanol–water partition coefficient (Wildman–Crippen LogP) is 2.94. The van der Waals surface area contributed by atoms with Gasteiger partial charge in [0.15, 0.2) is 5.69 Å². The lowest BCUT2D eigenvalue weighted by Gasteiger charge is -2.32. The SMILES string of the molecule is COc1cccc(CNC(=O)CC[C@@H]2CCCN(C(=O)c3cc(C)on3)C2)c1. The number of carbonyl (C=O) groups is 2. The first-order chi connectivity index (χ1) is 13.5. The quantitative estimate of drug-likeness (QED) is 0.792. The standard InChI is InChI=1S/C21H27N3O4/c1-15-11-19(23-28-15)21(26)24-10-4-6-16(14-24)8-9-20(25)22-13-17-5-3-7-18(12-17)27-2/h3,5,7,11-12,16H,4,6,8-10,13-14H2,1-2H3,(H,22,25)/t16-/m0/s1. The first kappa shape index (κ1) is 19.9. The predicted molar refractivity (Wildman–Crippen MR) is 104 cm³/mol. The van der Waals surface area contributed by atoms with Crippen LogP contribution in [0.2, 0.25) is 0 Å². The topological polar surface area (TPSA) is 84.7 Å². The average molecular weight is 385 g/mol. The fraction of sp³-hybridized carbons (Fsp3) is 0.476. The third kappa shape index (κ3) is 5.34. The average Bonchev–Trinajstić information content (AvgIpc) is 3.16. The van der Waals surface area contributed by atoms with Gasteiger partial charge in [-0.15, -0.1) is 0 Å². The molecule has 0 radical (unpaired) electrons. The molecule has 0 spiro atoms. The molecule has 28 heavy (non-hydrogen) atoms. The van der Waals surface area contributed by atoms with E-state index >= 15 is 0 Å². The van der Waals surface area contributed by atoms with E-state index in [0.717, 1.165) is 37.1 Å². The summed E-state index contributed by atoms with van der Waals surface area (Å²) in [6.45, 7) is 3.64. The number of piperidine rings is 1. The second kappa shape index (κ2) is 9.39. The van der Waals surface area contributed by atoms with Gasteiger partial charge >= 0.3 is 0 Å². The number of nitrogens with one attached hydrogen (secondary N) is 1. The van der Waals surface area contributed by atoms with Gasteiger partial charge < -0.3 is 19.5 Å². The molecule has 0 aliphatic carbocycles. The Morgan fingerprint density at radius 3 is 2.96 bits per heavy atom. The van der Waals surface area contributed by atoms with E-state index in [9.17, 15) is 9.59 Å². The summed E-state index contributed by atoms with van der Waals surface area (Å²) in [6.07, 6.45) is 3.20. The molecule has 2 amide bonds. The molecule has 3 rings (SSSR count). The number of methoxy groups -OCH3 is 1. The second-order valence-electron chi connectivity index (χ2n) is 7.25. The van der Waals surface area contributed by atoms with Gasteiger partial charge in [-0.1, -0.05) is 17.3 Å². The van der Waals surface area contributed by atoms with Crippen molar-refractivity contribution in [2.24, 2.45) is 5.92 Å². The Balaban J connectivity index is 1.43. The number of aryl methyl sites for hydroxylation is 1. The maximum absolute atomic E-state index is 12.5. The number of nitrogens with zero attached hydrogens (tertiary/aromatic N) is 2. The molecule has 0 saturated carbocycles. The number of amides is 2. The third-order valence-electron chi connectivity index (χ3n) is 5.06. The van der Waals surface area contributed by atoms with Gasteiger partial charge in [0.05, 0.1) is 7.11 Å². The van der Waals surface area contributed by atoms with E-state index in [1.165, 1.54) is 0 Å². The first-order valence-electron chi connectivity index (χ1n) is 9.67. The van der Waals surface area contributed by atoms with Gasteiger partial charge in [0.2, 0.25) is 5.91 Å². The van der Waals surface area contributed by atoms with Crippen LogP contribution in [-0.2, 0) is 11.3 Å². The summed E-state index contributed by atoms with van der Waals surface area (Å²) in [4.78, 5) is 26.5. The first-order valence-corrected chi connectivity index (χ1v) is 9.67. The highest BCUT2D eigenvalue weighted by Crippen LogP contribution is 2.22. The maximum atomic E-state index is 12.5. The van der Waals surface area contributed by atoms with Crippen LogP contribution in [0.5, 0.6) is 5.75 Å². The minimum Gasteiger partial charge on any atom is -0.497 e. The van der Waals surface area contributed by atoms with E-state index in [0.29, 0.717) is 36.9 Å². The fourth-order valence-electron chi connectivity index (χ4n) is 3.52. The monoisotopic (exact) mass is 385 g/mol. The summed E-state index contributed by atoms with van der Waals surface area (Å²) in [7, 11) is 1.62. The van der Waals surface area contributed by atoms with Crippen LogP contribution < -0.4 is 10.1 Å². The molecule has 7 heteroatoms. The third-order valence-corrected chi connectivity index (χ3v) is 5.06. The van der Waals surface area contributed by atoms with Gasteiger partial charge in [0.25, 0.3) is 5.91 Å². The molecule has 2 heterocycles. The van der Waals surface area contributed by atoms with Crippen molar-refractivity contribution in [1.29, 1.82) is 0 Å². The fourth-order valence-corrected chi connectivity index (χ4v) is 3.52. The molecule has 7 nitrogen and oxygen atoms in total. The van der Waals surface area contributed by atoms with Crippen molar-refractivity contribution in [2.45, 2.75) is 39.2 Å². The summed E-state index contributed by atoms with van der Waals surface area (Å²) in [5.74, 6) is 1.67. The van der Waals surface area contributed by atoms with Crippen LogP contribution in [0.25, 0.3) is 0 Å². The Bertz CT molecular complexity index is 817. The van der Waals surface area contributed by atoms with Gasteiger partial charge in [-0.3, -0.25) is 9.59 Å². The number of hydrogen-bond donors (Lipinski definition) is 1. The van der Waals surface area contributed by atoms with Crippen molar-refractivity contribution in [1.82, 2.24) is 15.4 Å². The van der Waals surface area contributed by atoms with Crippen molar-refractivity contribution in [2.75, 3.05) is 20.2 Å². The van der Waals surface area contributed by atoms with E-state index in [2.05, 4.69) is 10.5 Å². The molecule has 1 aliphatic rings. The molecule has 0 bridgehead atoms. The number of benzene rings is 1. The molecule has 150 valence electrons. The van der Waals surface area contributed by atoms with E-state index in [-0.39, 0.29) is 11.8 Å². The van der Waals surface area contributed by atoms with Crippen molar-refractivity contribution in [3.8, 4) is 5.75 Å². The van der Waals surface area contributed by atoms with Crippen LogP contribution in [0.3, 0.4) is 0 Å². The zero-order chi connectivity index (χ0) is 19.9. The van der Waals surface area contributed by atoms with Gasteiger partial charge in [0.1, 0.15) is 11.5 Å². The van der Waals surface area contributed by atoms with Crippen LogP contribution in [0, 0.1) is 12.8 Å². The van der Waals surface area contributed by atoms with Crippen LogP contribution in [0.1, 0.15) is 47.5 Å². The number of hydrogen-bond acceptors (Lipinski definition) is 5. The lowest BCUT2D eigenvalue weighted by molar-refractivity contribution is -0.121. The summed E-state index contributed by atoms with van der Waals surface area (Å²) in [5.41, 5.74) is 1.36. The minimum absolute atomic E-state index is 0.0263. The molecular weight excluding hydrogens is 358 g/mol. The summed E-state index contributed by atoms with van der Waals surface area (Å²) >= 11 is 0. The second-order valence-corrected chi connectivity index (χ2v) is 7.25. The maximum Gasteiger partial charge on any atom is 0.276 e. The lowest BCUT2D eigenvalue weighted by Crippen LogP contribution is -2.40. The van der Waals surface area contributed by atoms with E-state index in [1.807, 2.05) is 29.2 Å². The number of rotatable bonds is 7. The van der Waals surface area contributed by atoms with Crippen molar-refractivity contribution in [3.05, 3.63) is 47.3 Å². The molecule has 1 aliphatic heterocycles. The van der Waals surface area contributed by atoms with Crippen molar-refractivity contribution >= 4 is 11.8 Å². The normalized spacial score (nSPS) is 16.6. The van der Waals surface area contributed by atoms with Gasteiger partial charge in [-0.25, -0.2) is 0 Å². The number of carbonyl (C=O) groups excluding carboxylic acids is 2. The number of ether oxygens (including phenoxy) is 1. The number of aromatic nitrogens is 1. The van der Waals surface area contributed by atoms with E-state index < -0.39 is 0 Å². The molecule has 1 aromatic heterocycles. The van der Waals surface area contributed by atoms with Crippen LogP contribution in [-0.4, -0.2) is 42.1 Å². The van der Waals surface area contributed by atoms with Gasteiger partial charge in [-0.2, -0.15) is 0 Å². The molecular formula is C21H27N3O4. The Labute approximate surface area is 165 Å². The van der Waals surface area contributed by atoms with Crippen LogP contribution in [0.15, 0.2) is 34.9 Å². The molecule has 1 N–H and O–H groups in total. The minimum atomic E-state index is -0.0935. The van der Waals surface area contributed by atoms with Crippen molar-refractivity contribution in [3.63, 3.8) is 0 Å². The molecule has 1 aromatic carbocycles. The smallest absolute Gasteiger partial charge is 0.276 e. The molecule has 1 saturated heterocycles. The van der Waals surface area contributed by atoms with Crippen LogP contribution >= 0.6 is 0 Å². The highest BCUT2D eigenvalue weighted by molar-refractivity contribution is 5.92. The molecule has 1 fully saturated rings. The van der Waals surface area contributed by atoms with Gasteiger partial charge in [-0.05, 0) is 49.8 Å².